The second kappa shape index (κ2) is 4.86. The summed E-state index contributed by atoms with van der Waals surface area (Å²) in [5.74, 6) is 0.938. The van der Waals surface area contributed by atoms with Crippen molar-refractivity contribution in [2.75, 3.05) is 0 Å². The van der Waals surface area contributed by atoms with Gasteiger partial charge in [-0.05, 0) is 69.6 Å². The van der Waals surface area contributed by atoms with Gasteiger partial charge < -0.3 is 9.84 Å². The Balaban J connectivity index is 1.55. The first-order valence-electron chi connectivity index (χ1n) is 10.6. The summed E-state index contributed by atoms with van der Waals surface area (Å²) < 4.78 is 6.29. The zero-order valence-corrected chi connectivity index (χ0v) is 16.8. The molecule has 1 saturated heterocycles. The minimum absolute atomic E-state index is 0.00321. The quantitative estimate of drug-likeness (QED) is 0.564. The Bertz CT molecular complexity index is 787. The maximum Gasteiger partial charge on any atom is 0.184 e. The molecule has 5 aliphatic rings. The fourth-order valence-electron chi connectivity index (χ4n) is 8.62. The number of ketones is 1. The van der Waals surface area contributed by atoms with Gasteiger partial charge in [0.25, 0.3) is 0 Å². The predicted octanol–water partition coefficient (Wildman–Crippen LogP) is 3.79. The molecule has 4 aliphatic carbocycles. The molecule has 146 valence electrons. The fourth-order valence-corrected chi connectivity index (χ4v) is 8.62. The molecule has 0 amide bonds. The molecule has 1 aliphatic heterocycles. The summed E-state index contributed by atoms with van der Waals surface area (Å²) in [6.07, 6.45) is 8.25. The van der Waals surface area contributed by atoms with E-state index < -0.39 is 17.1 Å². The van der Waals surface area contributed by atoms with Crippen molar-refractivity contribution in [1.82, 2.24) is 0 Å². The van der Waals surface area contributed by atoms with Crippen molar-refractivity contribution >= 4 is 5.78 Å². The highest BCUT2D eigenvalue weighted by atomic mass is 16.6. The lowest BCUT2D eigenvalue weighted by Crippen LogP contribution is -2.62. The van der Waals surface area contributed by atoms with Gasteiger partial charge in [-0.3, -0.25) is 4.79 Å². The van der Waals surface area contributed by atoms with Crippen molar-refractivity contribution < 1.29 is 14.6 Å². The Morgan fingerprint density at radius 1 is 1.15 bits per heavy atom. The number of Topliss-reactive ketones (excluding diaryl/α,β-unsaturated/α-hetero) is 1. The number of fused-ring (bicyclic) bond motifs is 4. The zero-order valence-electron chi connectivity index (χ0n) is 16.8. The number of nitriles is 1. The standard InChI is InChI=1S/C23H31NO3/c1-5-22(26)10-8-16-15-6-11-23-20(3,17(15)7-9-19(16,22)2)12-14(13-24)18(25)21(23,4)27-23/h5,14-17,26H,1,6-12H2,2-4H3/t14-,15-,16-,17-,19-,20+,21+,22-,23-/m0/s1. The molecule has 27 heavy (non-hydrogen) atoms. The van der Waals surface area contributed by atoms with Crippen molar-refractivity contribution in [3.8, 4) is 6.07 Å². The van der Waals surface area contributed by atoms with Crippen LogP contribution in [0.15, 0.2) is 12.7 Å². The SMILES string of the molecule is C=C[C@]1(O)CC[C@H]2[C@@H]3CC[C@@]45O[C@]4(C)C(=O)[C@H](C#N)C[C@]5(C)[C@H]3CC[C@@]21C. The Hall–Kier alpha value is -1.18. The maximum absolute atomic E-state index is 12.8. The van der Waals surface area contributed by atoms with Crippen LogP contribution in [0.3, 0.4) is 0 Å². The second-order valence-corrected chi connectivity index (χ2v) is 10.7. The summed E-state index contributed by atoms with van der Waals surface area (Å²) >= 11 is 0. The Labute approximate surface area is 162 Å². The number of rotatable bonds is 1. The van der Waals surface area contributed by atoms with Crippen LogP contribution in [-0.4, -0.2) is 27.7 Å². The van der Waals surface area contributed by atoms with E-state index in [1.54, 1.807) is 6.08 Å². The van der Waals surface area contributed by atoms with Gasteiger partial charge >= 0.3 is 0 Å². The van der Waals surface area contributed by atoms with Crippen LogP contribution >= 0.6 is 0 Å². The molecule has 5 fully saturated rings. The third-order valence-electron chi connectivity index (χ3n) is 10.2. The summed E-state index contributed by atoms with van der Waals surface area (Å²) in [4.78, 5) is 12.8. The molecule has 4 saturated carbocycles. The van der Waals surface area contributed by atoms with E-state index in [9.17, 15) is 15.2 Å². The molecular weight excluding hydrogens is 338 g/mol. The van der Waals surface area contributed by atoms with E-state index in [2.05, 4.69) is 26.5 Å². The summed E-state index contributed by atoms with van der Waals surface area (Å²) in [5, 5.41) is 20.9. The van der Waals surface area contributed by atoms with Gasteiger partial charge in [0.2, 0.25) is 0 Å². The molecule has 1 N–H and O–H groups in total. The van der Waals surface area contributed by atoms with E-state index >= 15 is 0 Å². The summed E-state index contributed by atoms with van der Waals surface area (Å²) in [7, 11) is 0. The number of aliphatic hydroxyl groups is 1. The number of carbonyl (C=O) groups excluding carboxylic acids is 1. The van der Waals surface area contributed by atoms with Gasteiger partial charge in [0, 0.05) is 10.8 Å². The normalized spacial score (nSPS) is 61.1. The molecule has 1 heterocycles. The predicted molar refractivity (Wildman–Crippen MR) is 100 cm³/mol. The van der Waals surface area contributed by atoms with E-state index in [0.717, 1.165) is 38.5 Å². The average Bonchev–Trinajstić information content (AvgIpc) is 3.19. The number of ether oxygens (including phenoxy) is 1. The highest BCUT2D eigenvalue weighted by molar-refractivity contribution is 5.96. The van der Waals surface area contributed by atoms with Crippen LogP contribution in [0, 0.1) is 45.8 Å². The molecule has 9 atom stereocenters. The largest absolute Gasteiger partial charge is 0.385 e. The van der Waals surface area contributed by atoms with Gasteiger partial charge in [0.1, 0.15) is 11.5 Å². The molecule has 5 rings (SSSR count). The van der Waals surface area contributed by atoms with E-state index in [4.69, 9.17) is 4.74 Å². The van der Waals surface area contributed by atoms with Crippen molar-refractivity contribution in [3.63, 3.8) is 0 Å². The van der Waals surface area contributed by atoms with Crippen LogP contribution in [0.1, 0.15) is 65.7 Å². The van der Waals surface area contributed by atoms with Crippen LogP contribution in [0.25, 0.3) is 0 Å². The van der Waals surface area contributed by atoms with Crippen molar-refractivity contribution in [2.45, 2.75) is 82.5 Å². The maximum atomic E-state index is 12.8. The molecule has 0 aromatic carbocycles. The lowest BCUT2D eigenvalue weighted by atomic mass is 9.42. The molecule has 0 aromatic heterocycles. The lowest BCUT2D eigenvalue weighted by molar-refractivity contribution is -0.148. The Kier molecular flexibility index (Phi) is 3.22. The highest BCUT2D eigenvalue weighted by Crippen LogP contribution is 2.76. The van der Waals surface area contributed by atoms with Gasteiger partial charge in [-0.15, -0.1) is 6.58 Å². The third kappa shape index (κ3) is 1.68. The number of carbonyl (C=O) groups is 1. The van der Waals surface area contributed by atoms with Crippen LogP contribution in [0.4, 0.5) is 0 Å². The molecule has 4 nitrogen and oxygen atoms in total. The smallest absolute Gasteiger partial charge is 0.184 e. The van der Waals surface area contributed by atoms with Crippen molar-refractivity contribution in [3.05, 3.63) is 12.7 Å². The zero-order chi connectivity index (χ0) is 19.5. The molecule has 4 heteroatoms. The first-order valence-corrected chi connectivity index (χ1v) is 10.6. The van der Waals surface area contributed by atoms with E-state index in [1.807, 2.05) is 6.92 Å². The van der Waals surface area contributed by atoms with Crippen LogP contribution in [0.5, 0.6) is 0 Å². The van der Waals surface area contributed by atoms with Gasteiger partial charge in [0.15, 0.2) is 11.4 Å². The first-order chi connectivity index (χ1) is 12.6. The highest BCUT2D eigenvalue weighted by Gasteiger charge is 2.84. The lowest BCUT2D eigenvalue weighted by Gasteiger charge is -2.60. The molecular formula is C23H31NO3. The summed E-state index contributed by atoms with van der Waals surface area (Å²) in [5.41, 5.74) is -2.13. The minimum atomic E-state index is -0.763. The molecule has 1 spiro atoms. The van der Waals surface area contributed by atoms with Crippen molar-refractivity contribution in [2.24, 2.45) is 34.5 Å². The fraction of sp³-hybridized carbons (Fsp3) is 0.826. The van der Waals surface area contributed by atoms with E-state index in [0.29, 0.717) is 24.2 Å². The number of hydrogen-bond acceptors (Lipinski definition) is 4. The molecule has 0 unspecified atom stereocenters. The van der Waals surface area contributed by atoms with Crippen LogP contribution < -0.4 is 0 Å². The summed E-state index contributed by atoms with van der Waals surface area (Å²) in [6.45, 7) is 10.4. The van der Waals surface area contributed by atoms with E-state index in [1.165, 1.54) is 0 Å². The number of nitrogens with zero attached hydrogens (tertiary/aromatic N) is 1. The Morgan fingerprint density at radius 3 is 2.48 bits per heavy atom. The topological polar surface area (TPSA) is 73.6 Å². The monoisotopic (exact) mass is 369 g/mol. The number of hydrogen-bond donors (Lipinski definition) is 1. The molecule has 0 radical (unpaired) electrons. The van der Waals surface area contributed by atoms with Gasteiger partial charge in [-0.25, -0.2) is 0 Å². The van der Waals surface area contributed by atoms with Crippen molar-refractivity contribution in [1.29, 1.82) is 5.26 Å². The van der Waals surface area contributed by atoms with Gasteiger partial charge in [-0.1, -0.05) is 19.9 Å². The van der Waals surface area contributed by atoms with Gasteiger partial charge in [-0.2, -0.15) is 5.26 Å². The number of epoxide rings is 1. The van der Waals surface area contributed by atoms with Crippen LogP contribution in [-0.2, 0) is 9.53 Å². The van der Waals surface area contributed by atoms with E-state index in [-0.39, 0.29) is 22.2 Å². The average molecular weight is 370 g/mol. The first kappa shape index (κ1) is 17.9. The molecule has 0 aromatic rings. The third-order valence-corrected chi connectivity index (χ3v) is 10.2. The molecule has 0 bridgehead atoms. The minimum Gasteiger partial charge on any atom is -0.385 e. The Morgan fingerprint density at radius 2 is 1.81 bits per heavy atom. The summed E-state index contributed by atoms with van der Waals surface area (Å²) in [6, 6.07) is 2.28. The second-order valence-electron chi connectivity index (χ2n) is 10.7. The van der Waals surface area contributed by atoms with Gasteiger partial charge in [0.05, 0.1) is 11.7 Å². The van der Waals surface area contributed by atoms with Crippen LogP contribution in [0.2, 0.25) is 0 Å².